The molecular weight excluding hydrogens is 363 g/mol. The molecule has 8 heteroatoms. The number of sulfonamides is 1. The maximum atomic E-state index is 13.1. The molecule has 2 aromatic rings. The van der Waals surface area contributed by atoms with Gasteiger partial charge in [-0.15, -0.1) is 0 Å². The van der Waals surface area contributed by atoms with Gasteiger partial charge in [-0.2, -0.15) is 0 Å². The topological polar surface area (TPSA) is 81.4 Å². The molecule has 0 aromatic heterocycles. The minimum absolute atomic E-state index is 0.129. The van der Waals surface area contributed by atoms with Crippen LogP contribution in [0.5, 0.6) is 5.75 Å². The Labute approximate surface area is 130 Å². The van der Waals surface area contributed by atoms with Gasteiger partial charge in [0, 0.05) is 10.5 Å². The van der Waals surface area contributed by atoms with Crippen LogP contribution in [-0.4, -0.2) is 15.5 Å². The summed E-state index contributed by atoms with van der Waals surface area (Å²) in [7, 11) is -2.41. The van der Waals surface area contributed by atoms with Gasteiger partial charge in [-0.1, -0.05) is 0 Å². The minimum Gasteiger partial charge on any atom is -0.497 e. The van der Waals surface area contributed by atoms with Crippen LogP contribution in [0.4, 0.5) is 15.8 Å². The van der Waals surface area contributed by atoms with Crippen molar-refractivity contribution in [1.29, 1.82) is 0 Å². The fourth-order valence-corrected chi connectivity index (χ4v) is 3.18. The maximum Gasteiger partial charge on any atom is 0.262 e. The van der Waals surface area contributed by atoms with E-state index in [0.717, 1.165) is 18.2 Å². The Hall–Kier alpha value is -1.80. The molecule has 0 bridgehead atoms. The van der Waals surface area contributed by atoms with E-state index in [4.69, 9.17) is 10.5 Å². The molecule has 0 aliphatic heterocycles. The van der Waals surface area contributed by atoms with Crippen molar-refractivity contribution in [3.05, 3.63) is 46.7 Å². The second-order valence-electron chi connectivity index (χ2n) is 4.13. The van der Waals surface area contributed by atoms with Crippen LogP contribution in [0.3, 0.4) is 0 Å². The average Bonchev–Trinajstić information content (AvgIpc) is 2.44. The van der Waals surface area contributed by atoms with Crippen molar-refractivity contribution in [2.24, 2.45) is 0 Å². The number of halogens is 2. The Morgan fingerprint density at radius 3 is 2.57 bits per heavy atom. The number of nitrogens with two attached hydrogens (primary N) is 1. The molecule has 0 saturated heterocycles. The van der Waals surface area contributed by atoms with E-state index in [0.29, 0.717) is 15.9 Å². The van der Waals surface area contributed by atoms with Gasteiger partial charge in [0.25, 0.3) is 10.0 Å². The van der Waals surface area contributed by atoms with Gasteiger partial charge in [0.1, 0.15) is 11.6 Å². The molecule has 112 valence electrons. The van der Waals surface area contributed by atoms with Crippen LogP contribution in [-0.2, 0) is 10.0 Å². The molecule has 2 rings (SSSR count). The second-order valence-corrected chi connectivity index (χ2v) is 6.67. The molecule has 0 heterocycles. The number of methoxy groups -OCH3 is 1. The van der Waals surface area contributed by atoms with Crippen molar-refractivity contribution in [3.8, 4) is 5.75 Å². The third-order valence-corrected chi connectivity index (χ3v) is 4.75. The summed E-state index contributed by atoms with van der Waals surface area (Å²) in [6.45, 7) is 0. The van der Waals surface area contributed by atoms with E-state index in [2.05, 4.69) is 20.7 Å². The van der Waals surface area contributed by atoms with Gasteiger partial charge in [0.15, 0.2) is 0 Å². The number of hydrogen-bond acceptors (Lipinski definition) is 4. The molecule has 0 spiro atoms. The number of hydrogen-bond donors (Lipinski definition) is 2. The first-order valence-electron chi connectivity index (χ1n) is 5.75. The van der Waals surface area contributed by atoms with E-state index in [9.17, 15) is 12.8 Å². The van der Waals surface area contributed by atoms with E-state index in [1.165, 1.54) is 13.2 Å². The molecule has 0 amide bonds. The summed E-state index contributed by atoms with van der Waals surface area (Å²) in [5.74, 6) is -0.175. The lowest BCUT2D eigenvalue weighted by atomic mass is 10.3. The smallest absolute Gasteiger partial charge is 0.262 e. The standard InChI is InChI=1S/C13H12BrFN2O3S/c1-20-8-2-4-10(14)13(6-8)17-21(18,19)9-3-5-11(15)12(16)7-9/h2-7,17H,16H2,1H3. The number of benzene rings is 2. The highest BCUT2D eigenvalue weighted by molar-refractivity contribution is 9.10. The van der Waals surface area contributed by atoms with Crippen molar-refractivity contribution < 1.29 is 17.5 Å². The summed E-state index contributed by atoms with van der Waals surface area (Å²) in [4.78, 5) is -0.129. The molecule has 21 heavy (non-hydrogen) atoms. The SMILES string of the molecule is COc1ccc(Br)c(NS(=O)(=O)c2ccc(F)c(N)c2)c1. The van der Waals surface area contributed by atoms with Crippen LogP contribution in [0.1, 0.15) is 0 Å². The molecule has 3 N–H and O–H groups in total. The van der Waals surface area contributed by atoms with E-state index in [1.54, 1.807) is 12.1 Å². The number of ether oxygens (including phenoxy) is 1. The van der Waals surface area contributed by atoms with Gasteiger partial charge >= 0.3 is 0 Å². The normalized spacial score (nSPS) is 11.2. The molecule has 0 saturated carbocycles. The number of rotatable bonds is 4. The summed E-state index contributed by atoms with van der Waals surface area (Å²) in [6, 6.07) is 8.06. The predicted molar refractivity (Wildman–Crippen MR) is 82.3 cm³/mol. The van der Waals surface area contributed by atoms with Gasteiger partial charge in [0.05, 0.1) is 23.4 Å². The molecule has 0 unspecified atom stereocenters. The lowest BCUT2D eigenvalue weighted by molar-refractivity contribution is 0.415. The van der Waals surface area contributed by atoms with Crippen LogP contribution in [0.2, 0.25) is 0 Å². The Morgan fingerprint density at radius 2 is 1.95 bits per heavy atom. The maximum absolute atomic E-state index is 13.1. The quantitative estimate of drug-likeness (QED) is 0.806. The zero-order valence-electron chi connectivity index (χ0n) is 10.9. The monoisotopic (exact) mass is 374 g/mol. The van der Waals surface area contributed by atoms with Crippen LogP contribution in [0, 0.1) is 5.82 Å². The van der Waals surface area contributed by atoms with Crippen molar-refractivity contribution in [2.75, 3.05) is 17.6 Å². The summed E-state index contributed by atoms with van der Waals surface area (Å²) < 4.78 is 45.6. The molecule has 0 aliphatic rings. The van der Waals surface area contributed by atoms with E-state index < -0.39 is 15.8 Å². The fourth-order valence-electron chi connectivity index (χ4n) is 1.60. The van der Waals surface area contributed by atoms with Crippen molar-refractivity contribution >= 4 is 37.3 Å². The Bertz CT molecular complexity index is 781. The van der Waals surface area contributed by atoms with Gasteiger partial charge in [-0.3, -0.25) is 4.72 Å². The Kier molecular flexibility index (Phi) is 4.38. The minimum atomic E-state index is -3.88. The van der Waals surface area contributed by atoms with Gasteiger partial charge in [-0.25, -0.2) is 12.8 Å². The van der Waals surface area contributed by atoms with Crippen molar-refractivity contribution in [1.82, 2.24) is 0 Å². The lowest BCUT2D eigenvalue weighted by Gasteiger charge is -2.11. The number of nitrogens with one attached hydrogen (secondary N) is 1. The first-order valence-corrected chi connectivity index (χ1v) is 8.02. The van der Waals surface area contributed by atoms with E-state index in [-0.39, 0.29) is 10.6 Å². The summed E-state index contributed by atoms with van der Waals surface area (Å²) in [5, 5.41) is 0. The van der Waals surface area contributed by atoms with Crippen molar-refractivity contribution in [3.63, 3.8) is 0 Å². The van der Waals surface area contributed by atoms with Crippen LogP contribution < -0.4 is 15.2 Å². The molecule has 2 aromatic carbocycles. The molecular formula is C13H12BrFN2O3S. The lowest BCUT2D eigenvalue weighted by Crippen LogP contribution is -2.14. The van der Waals surface area contributed by atoms with E-state index >= 15 is 0 Å². The third kappa shape index (κ3) is 3.45. The van der Waals surface area contributed by atoms with Gasteiger partial charge in [-0.05, 0) is 46.3 Å². The van der Waals surface area contributed by atoms with E-state index in [1.807, 2.05) is 0 Å². The van der Waals surface area contributed by atoms with Crippen LogP contribution in [0.25, 0.3) is 0 Å². The largest absolute Gasteiger partial charge is 0.497 e. The zero-order chi connectivity index (χ0) is 15.6. The van der Waals surface area contributed by atoms with Crippen molar-refractivity contribution in [2.45, 2.75) is 4.90 Å². The van der Waals surface area contributed by atoms with Crippen LogP contribution >= 0.6 is 15.9 Å². The Morgan fingerprint density at radius 1 is 1.24 bits per heavy atom. The highest BCUT2D eigenvalue weighted by Gasteiger charge is 2.17. The number of anilines is 2. The summed E-state index contributed by atoms with van der Waals surface area (Å²) in [6.07, 6.45) is 0. The van der Waals surface area contributed by atoms with Gasteiger partial charge in [0.2, 0.25) is 0 Å². The second kappa shape index (κ2) is 5.90. The first-order chi connectivity index (χ1) is 9.83. The Balaban J connectivity index is 2.39. The van der Waals surface area contributed by atoms with Crippen LogP contribution in [0.15, 0.2) is 45.8 Å². The zero-order valence-corrected chi connectivity index (χ0v) is 13.3. The summed E-state index contributed by atoms with van der Waals surface area (Å²) >= 11 is 3.24. The third-order valence-electron chi connectivity index (χ3n) is 2.70. The highest BCUT2D eigenvalue weighted by Crippen LogP contribution is 2.29. The highest BCUT2D eigenvalue weighted by atomic mass is 79.9. The average molecular weight is 375 g/mol. The molecule has 5 nitrogen and oxygen atoms in total. The molecule has 0 radical (unpaired) electrons. The van der Waals surface area contributed by atoms with Gasteiger partial charge < -0.3 is 10.5 Å². The number of nitrogen functional groups attached to an aromatic ring is 1. The molecule has 0 aliphatic carbocycles. The molecule has 0 atom stereocenters. The molecule has 0 fully saturated rings. The fraction of sp³-hybridized carbons (Fsp3) is 0.0769. The summed E-state index contributed by atoms with van der Waals surface area (Å²) in [5.41, 5.74) is 5.46. The first kappa shape index (κ1) is 15.6. The predicted octanol–water partition coefficient (Wildman–Crippen LogP) is 2.98.